The number of hydrogen-bond donors (Lipinski definition) is 0. The van der Waals surface area contributed by atoms with Gasteiger partial charge >= 0.3 is 0 Å². The van der Waals surface area contributed by atoms with Crippen LogP contribution in [-0.4, -0.2) is 9.97 Å². The van der Waals surface area contributed by atoms with Gasteiger partial charge in [0.05, 0.1) is 10.9 Å². The summed E-state index contributed by atoms with van der Waals surface area (Å²) in [7, 11) is 0. The normalized spacial score (nSPS) is 12.3. The molecule has 0 radical (unpaired) electrons. The predicted molar refractivity (Wildman–Crippen MR) is 80.0 cm³/mol. The summed E-state index contributed by atoms with van der Waals surface area (Å²) in [6, 6.07) is 13.5. The Kier molecular flexibility index (Phi) is 3.52. The van der Waals surface area contributed by atoms with Crippen LogP contribution in [0.3, 0.4) is 0 Å². The van der Waals surface area contributed by atoms with Crippen LogP contribution in [0.1, 0.15) is 18.6 Å². The van der Waals surface area contributed by atoms with Crippen LogP contribution in [-0.2, 0) is 0 Å². The molecule has 0 saturated heterocycles. The second-order valence-electron chi connectivity index (χ2n) is 4.53. The molecular weight excluding hydrogens is 272 g/mol. The number of halogens is 1. The molecule has 3 nitrogen and oxygen atoms in total. The molecule has 0 aliphatic carbocycles. The highest BCUT2D eigenvalue weighted by molar-refractivity contribution is 6.30. The quantitative estimate of drug-likeness (QED) is 0.714. The molecule has 1 unspecified atom stereocenters. The summed E-state index contributed by atoms with van der Waals surface area (Å²) >= 11 is 6.01. The van der Waals surface area contributed by atoms with E-state index in [4.69, 9.17) is 16.3 Å². The van der Waals surface area contributed by atoms with Crippen molar-refractivity contribution in [1.82, 2.24) is 9.97 Å². The first-order valence-corrected chi connectivity index (χ1v) is 6.73. The maximum absolute atomic E-state index is 6.03. The van der Waals surface area contributed by atoms with Crippen molar-refractivity contribution in [3.8, 4) is 5.75 Å². The Labute approximate surface area is 122 Å². The zero-order chi connectivity index (χ0) is 13.9. The molecule has 0 N–H and O–H groups in total. The van der Waals surface area contributed by atoms with E-state index in [1.165, 1.54) is 6.33 Å². The topological polar surface area (TPSA) is 35.0 Å². The summed E-state index contributed by atoms with van der Waals surface area (Å²) in [5, 5.41) is 1.61. The van der Waals surface area contributed by atoms with Gasteiger partial charge in [0.15, 0.2) is 0 Å². The minimum atomic E-state index is -0.0977. The highest BCUT2D eigenvalue weighted by Crippen LogP contribution is 2.28. The first-order valence-electron chi connectivity index (χ1n) is 6.35. The summed E-state index contributed by atoms with van der Waals surface area (Å²) in [5.41, 5.74) is 1.90. The van der Waals surface area contributed by atoms with Crippen LogP contribution < -0.4 is 4.74 Å². The molecule has 0 amide bonds. The number of rotatable bonds is 3. The van der Waals surface area contributed by atoms with Gasteiger partial charge in [0.1, 0.15) is 18.2 Å². The first-order chi connectivity index (χ1) is 9.74. The number of nitrogens with zero attached hydrogens (tertiary/aromatic N) is 2. The SMILES string of the molecule is CC(Oc1cccc2ncncc12)c1cccc(Cl)c1. The Hall–Kier alpha value is -2.13. The lowest BCUT2D eigenvalue weighted by atomic mass is 10.1. The molecule has 1 atom stereocenters. The van der Waals surface area contributed by atoms with E-state index in [2.05, 4.69) is 9.97 Å². The molecule has 3 aromatic rings. The minimum Gasteiger partial charge on any atom is -0.485 e. The van der Waals surface area contributed by atoms with Crippen molar-refractivity contribution >= 4 is 22.5 Å². The van der Waals surface area contributed by atoms with Crippen LogP contribution >= 0.6 is 11.6 Å². The zero-order valence-electron chi connectivity index (χ0n) is 11.0. The first kappa shape index (κ1) is 12.9. The number of fused-ring (bicyclic) bond motifs is 1. The molecule has 0 saturated carbocycles. The number of benzene rings is 2. The monoisotopic (exact) mass is 284 g/mol. The molecule has 0 aliphatic heterocycles. The molecule has 20 heavy (non-hydrogen) atoms. The summed E-state index contributed by atoms with van der Waals surface area (Å²) in [6.07, 6.45) is 3.20. The molecule has 3 rings (SSSR count). The molecule has 0 aliphatic rings. The second-order valence-corrected chi connectivity index (χ2v) is 4.96. The fourth-order valence-corrected chi connectivity index (χ4v) is 2.30. The van der Waals surface area contributed by atoms with E-state index in [0.717, 1.165) is 22.2 Å². The van der Waals surface area contributed by atoms with Gasteiger partial charge in [-0.1, -0.05) is 29.8 Å². The van der Waals surface area contributed by atoms with Crippen molar-refractivity contribution in [2.45, 2.75) is 13.0 Å². The lowest BCUT2D eigenvalue weighted by Crippen LogP contribution is -2.03. The Morgan fingerprint density at radius 1 is 1.15 bits per heavy atom. The van der Waals surface area contributed by atoms with Crippen molar-refractivity contribution in [3.63, 3.8) is 0 Å². The van der Waals surface area contributed by atoms with Gasteiger partial charge in [-0.25, -0.2) is 9.97 Å². The van der Waals surface area contributed by atoms with Crippen LogP contribution in [0.25, 0.3) is 10.9 Å². The molecule has 0 bridgehead atoms. The average Bonchev–Trinajstić information content (AvgIpc) is 2.47. The lowest BCUT2D eigenvalue weighted by Gasteiger charge is -2.16. The third kappa shape index (κ3) is 2.58. The average molecular weight is 285 g/mol. The zero-order valence-corrected chi connectivity index (χ0v) is 11.7. The van der Waals surface area contributed by atoms with Crippen LogP contribution in [0.4, 0.5) is 0 Å². The second kappa shape index (κ2) is 5.47. The van der Waals surface area contributed by atoms with Crippen molar-refractivity contribution in [3.05, 3.63) is 65.6 Å². The predicted octanol–water partition coefficient (Wildman–Crippen LogP) is 4.42. The minimum absolute atomic E-state index is 0.0977. The number of aromatic nitrogens is 2. The molecule has 2 aromatic carbocycles. The third-order valence-corrected chi connectivity index (χ3v) is 3.37. The molecule has 0 fully saturated rings. The Balaban J connectivity index is 1.93. The van der Waals surface area contributed by atoms with Gasteiger partial charge in [0, 0.05) is 11.2 Å². The van der Waals surface area contributed by atoms with Crippen molar-refractivity contribution in [2.75, 3.05) is 0 Å². The van der Waals surface area contributed by atoms with Gasteiger partial charge in [0.2, 0.25) is 0 Å². The number of ether oxygens (including phenoxy) is 1. The Bertz CT molecular complexity index is 740. The number of hydrogen-bond acceptors (Lipinski definition) is 3. The van der Waals surface area contributed by atoms with Gasteiger partial charge in [-0.15, -0.1) is 0 Å². The van der Waals surface area contributed by atoms with Crippen LogP contribution in [0.5, 0.6) is 5.75 Å². The van der Waals surface area contributed by atoms with E-state index in [9.17, 15) is 0 Å². The molecular formula is C16H13ClN2O. The maximum atomic E-state index is 6.03. The van der Waals surface area contributed by atoms with E-state index < -0.39 is 0 Å². The van der Waals surface area contributed by atoms with Gasteiger partial charge < -0.3 is 4.74 Å². The highest BCUT2D eigenvalue weighted by atomic mass is 35.5. The lowest BCUT2D eigenvalue weighted by molar-refractivity contribution is 0.230. The van der Waals surface area contributed by atoms with Crippen molar-refractivity contribution in [1.29, 1.82) is 0 Å². The van der Waals surface area contributed by atoms with E-state index in [-0.39, 0.29) is 6.10 Å². The van der Waals surface area contributed by atoms with Gasteiger partial charge in [0.25, 0.3) is 0 Å². The van der Waals surface area contributed by atoms with E-state index in [0.29, 0.717) is 5.02 Å². The summed E-state index contributed by atoms with van der Waals surface area (Å²) in [4.78, 5) is 8.28. The Morgan fingerprint density at radius 3 is 2.85 bits per heavy atom. The van der Waals surface area contributed by atoms with E-state index >= 15 is 0 Å². The maximum Gasteiger partial charge on any atom is 0.131 e. The smallest absolute Gasteiger partial charge is 0.131 e. The molecule has 1 aromatic heterocycles. The van der Waals surface area contributed by atoms with E-state index in [1.54, 1.807) is 6.20 Å². The van der Waals surface area contributed by atoms with E-state index in [1.807, 2.05) is 49.4 Å². The molecule has 0 spiro atoms. The van der Waals surface area contributed by atoms with Gasteiger partial charge in [-0.2, -0.15) is 0 Å². The van der Waals surface area contributed by atoms with Gasteiger partial charge in [-0.05, 0) is 36.8 Å². The van der Waals surface area contributed by atoms with Crippen molar-refractivity contribution in [2.24, 2.45) is 0 Å². The van der Waals surface area contributed by atoms with Crippen LogP contribution in [0.15, 0.2) is 55.0 Å². The Morgan fingerprint density at radius 2 is 2.00 bits per heavy atom. The third-order valence-electron chi connectivity index (χ3n) is 3.13. The molecule has 1 heterocycles. The van der Waals surface area contributed by atoms with Gasteiger partial charge in [-0.3, -0.25) is 0 Å². The molecule has 4 heteroatoms. The fourth-order valence-electron chi connectivity index (χ4n) is 2.10. The molecule has 100 valence electrons. The highest BCUT2D eigenvalue weighted by Gasteiger charge is 2.10. The summed E-state index contributed by atoms with van der Waals surface area (Å²) < 4.78 is 6.03. The van der Waals surface area contributed by atoms with Crippen LogP contribution in [0.2, 0.25) is 5.02 Å². The van der Waals surface area contributed by atoms with Crippen molar-refractivity contribution < 1.29 is 4.74 Å². The van der Waals surface area contributed by atoms with Crippen LogP contribution in [0, 0.1) is 0 Å². The summed E-state index contributed by atoms with van der Waals surface area (Å²) in [6.45, 7) is 1.99. The fraction of sp³-hybridized carbons (Fsp3) is 0.125. The standard InChI is InChI=1S/C16H13ClN2O/c1-11(12-4-2-5-13(17)8-12)20-16-7-3-6-15-14(16)9-18-10-19-15/h2-11H,1H3. The summed E-state index contributed by atoms with van der Waals surface area (Å²) in [5.74, 6) is 0.774. The largest absolute Gasteiger partial charge is 0.485 e.